The van der Waals surface area contributed by atoms with E-state index in [0.717, 1.165) is 31.2 Å². The first-order valence-electron chi connectivity index (χ1n) is 9.52. The second kappa shape index (κ2) is 9.59. The van der Waals surface area contributed by atoms with Crippen LogP contribution in [0.1, 0.15) is 52.0 Å². The van der Waals surface area contributed by atoms with E-state index in [9.17, 15) is 9.59 Å². The van der Waals surface area contributed by atoms with E-state index in [1.165, 1.54) is 0 Å². The van der Waals surface area contributed by atoms with Crippen LogP contribution in [0, 0.1) is 17.8 Å². The van der Waals surface area contributed by atoms with Crippen LogP contribution in [-0.2, 0) is 20.7 Å². The van der Waals surface area contributed by atoms with E-state index >= 15 is 0 Å². The summed E-state index contributed by atoms with van der Waals surface area (Å²) in [5.74, 6) is 1.05. The summed E-state index contributed by atoms with van der Waals surface area (Å²) >= 11 is 0. The average molecular weight is 345 g/mol. The lowest BCUT2D eigenvalue weighted by Crippen LogP contribution is -2.46. The Kier molecular flexibility index (Phi) is 7.48. The van der Waals surface area contributed by atoms with Gasteiger partial charge in [0.05, 0.1) is 6.61 Å². The Morgan fingerprint density at radius 3 is 2.32 bits per heavy atom. The number of amides is 1. The van der Waals surface area contributed by atoms with E-state index < -0.39 is 6.04 Å². The van der Waals surface area contributed by atoms with Crippen LogP contribution in [0.2, 0.25) is 0 Å². The third-order valence-electron chi connectivity index (χ3n) is 5.26. The average Bonchev–Trinajstić information content (AvgIpc) is 2.62. The van der Waals surface area contributed by atoms with Crippen molar-refractivity contribution >= 4 is 11.9 Å². The van der Waals surface area contributed by atoms with Gasteiger partial charge in [0.25, 0.3) is 0 Å². The molecule has 1 fully saturated rings. The topological polar surface area (TPSA) is 55.4 Å². The number of nitrogens with one attached hydrogen (secondary N) is 1. The molecular weight excluding hydrogens is 314 g/mol. The Morgan fingerprint density at radius 2 is 1.76 bits per heavy atom. The molecular formula is C21H31NO3. The highest BCUT2D eigenvalue weighted by Crippen LogP contribution is 2.33. The molecule has 1 aromatic carbocycles. The molecule has 1 N–H and O–H groups in total. The van der Waals surface area contributed by atoms with Gasteiger partial charge in [0, 0.05) is 12.3 Å². The largest absolute Gasteiger partial charge is 0.464 e. The molecule has 1 amide bonds. The SMILES string of the molecule is CCOC(=O)[C@@H](Cc1ccccc1)NC(=O)C1CCC(C(C)C)CC1. The Balaban J connectivity index is 1.96. The summed E-state index contributed by atoms with van der Waals surface area (Å²) in [7, 11) is 0. The molecule has 1 aliphatic carbocycles. The van der Waals surface area contributed by atoms with Crippen molar-refractivity contribution in [3.05, 3.63) is 35.9 Å². The van der Waals surface area contributed by atoms with Gasteiger partial charge in [-0.3, -0.25) is 4.79 Å². The second-order valence-electron chi connectivity index (χ2n) is 7.36. The molecule has 0 aromatic heterocycles. The van der Waals surface area contributed by atoms with Gasteiger partial charge in [0.1, 0.15) is 6.04 Å². The first-order chi connectivity index (χ1) is 12.0. The number of benzene rings is 1. The van der Waals surface area contributed by atoms with Gasteiger partial charge in [0.2, 0.25) is 5.91 Å². The zero-order valence-corrected chi connectivity index (χ0v) is 15.7. The highest BCUT2D eigenvalue weighted by molar-refractivity contribution is 5.86. The van der Waals surface area contributed by atoms with Gasteiger partial charge >= 0.3 is 5.97 Å². The molecule has 0 aliphatic heterocycles. The first-order valence-corrected chi connectivity index (χ1v) is 9.52. The first kappa shape index (κ1) is 19.5. The minimum absolute atomic E-state index is 0.00353. The van der Waals surface area contributed by atoms with E-state index in [1.54, 1.807) is 6.92 Å². The molecule has 1 aromatic rings. The van der Waals surface area contributed by atoms with Gasteiger partial charge in [-0.25, -0.2) is 4.79 Å². The molecule has 2 rings (SSSR count). The number of esters is 1. The van der Waals surface area contributed by atoms with Crippen molar-refractivity contribution in [1.29, 1.82) is 0 Å². The Bertz CT molecular complexity index is 548. The fourth-order valence-corrected chi connectivity index (χ4v) is 3.62. The second-order valence-corrected chi connectivity index (χ2v) is 7.36. The van der Waals surface area contributed by atoms with E-state index in [-0.39, 0.29) is 17.8 Å². The fourth-order valence-electron chi connectivity index (χ4n) is 3.62. The summed E-state index contributed by atoms with van der Waals surface area (Å²) in [6.07, 6.45) is 4.48. The highest BCUT2D eigenvalue weighted by atomic mass is 16.5. The molecule has 138 valence electrons. The lowest BCUT2D eigenvalue weighted by atomic mass is 9.76. The van der Waals surface area contributed by atoms with Crippen molar-refractivity contribution in [3.8, 4) is 0 Å². The van der Waals surface area contributed by atoms with Crippen molar-refractivity contribution in [2.24, 2.45) is 17.8 Å². The minimum Gasteiger partial charge on any atom is -0.464 e. The molecule has 1 saturated carbocycles. The van der Waals surface area contributed by atoms with Crippen LogP contribution in [0.5, 0.6) is 0 Å². The van der Waals surface area contributed by atoms with Crippen LogP contribution in [0.15, 0.2) is 30.3 Å². The summed E-state index contributed by atoms with van der Waals surface area (Å²) in [6.45, 7) is 6.61. The van der Waals surface area contributed by atoms with Crippen LogP contribution < -0.4 is 5.32 Å². The van der Waals surface area contributed by atoms with Crippen molar-refractivity contribution in [2.75, 3.05) is 6.61 Å². The maximum absolute atomic E-state index is 12.7. The molecule has 1 atom stereocenters. The molecule has 0 bridgehead atoms. The lowest BCUT2D eigenvalue weighted by Gasteiger charge is -2.31. The zero-order valence-electron chi connectivity index (χ0n) is 15.7. The van der Waals surface area contributed by atoms with E-state index in [2.05, 4.69) is 19.2 Å². The number of hydrogen-bond donors (Lipinski definition) is 1. The quantitative estimate of drug-likeness (QED) is 0.766. The molecule has 0 heterocycles. The molecule has 4 nitrogen and oxygen atoms in total. The van der Waals surface area contributed by atoms with Crippen LogP contribution >= 0.6 is 0 Å². The fraction of sp³-hybridized carbons (Fsp3) is 0.619. The Labute approximate surface area is 151 Å². The summed E-state index contributed by atoms with van der Waals surface area (Å²) < 4.78 is 5.16. The van der Waals surface area contributed by atoms with Gasteiger partial charge < -0.3 is 10.1 Å². The zero-order chi connectivity index (χ0) is 18.2. The van der Waals surface area contributed by atoms with Gasteiger partial charge in [-0.15, -0.1) is 0 Å². The van der Waals surface area contributed by atoms with Crippen LogP contribution in [0.3, 0.4) is 0 Å². The van der Waals surface area contributed by atoms with Crippen LogP contribution in [0.25, 0.3) is 0 Å². The van der Waals surface area contributed by atoms with Gasteiger partial charge in [-0.1, -0.05) is 44.2 Å². The Hall–Kier alpha value is -1.84. The highest BCUT2D eigenvalue weighted by Gasteiger charge is 2.30. The minimum atomic E-state index is -0.613. The molecule has 25 heavy (non-hydrogen) atoms. The predicted molar refractivity (Wildman–Crippen MR) is 99.0 cm³/mol. The number of carbonyl (C=O) groups excluding carboxylic acids is 2. The summed E-state index contributed by atoms with van der Waals surface area (Å²) in [4.78, 5) is 24.9. The third kappa shape index (κ3) is 5.87. The molecule has 0 radical (unpaired) electrons. The standard InChI is InChI=1S/C21H31NO3/c1-4-25-21(24)19(14-16-8-6-5-7-9-16)22-20(23)18-12-10-17(11-13-18)15(2)3/h5-9,15,17-19H,4,10-14H2,1-3H3,(H,22,23)/t17?,18?,19-/m1/s1. The molecule has 1 aliphatic rings. The Morgan fingerprint density at radius 1 is 1.12 bits per heavy atom. The van der Waals surface area contributed by atoms with Crippen molar-refractivity contribution in [1.82, 2.24) is 5.32 Å². The molecule has 0 saturated heterocycles. The van der Waals surface area contributed by atoms with Crippen molar-refractivity contribution < 1.29 is 14.3 Å². The maximum Gasteiger partial charge on any atom is 0.328 e. The number of carbonyl (C=O) groups is 2. The predicted octanol–water partition coefficient (Wildman–Crippen LogP) is 3.74. The van der Waals surface area contributed by atoms with E-state index in [1.807, 2.05) is 30.3 Å². The van der Waals surface area contributed by atoms with Gasteiger partial charge in [-0.2, -0.15) is 0 Å². The van der Waals surface area contributed by atoms with Gasteiger partial charge in [-0.05, 0) is 50.0 Å². The summed E-state index contributed by atoms with van der Waals surface area (Å²) in [5.41, 5.74) is 1.02. The summed E-state index contributed by atoms with van der Waals surface area (Å²) in [5, 5.41) is 2.95. The van der Waals surface area contributed by atoms with E-state index in [0.29, 0.717) is 24.9 Å². The van der Waals surface area contributed by atoms with Crippen LogP contribution in [0.4, 0.5) is 0 Å². The maximum atomic E-state index is 12.7. The monoisotopic (exact) mass is 345 g/mol. The smallest absolute Gasteiger partial charge is 0.328 e. The molecule has 0 unspecified atom stereocenters. The number of ether oxygens (including phenoxy) is 1. The van der Waals surface area contributed by atoms with Crippen LogP contribution in [-0.4, -0.2) is 24.5 Å². The normalized spacial score (nSPS) is 21.6. The molecule has 0 spiro atoms. The number of rotatable bonds is 7. The summed E-state index contributed by atoms with van der Waals surface area (Å²) in [6, 6.07) is 9.13. The lowest BCUT2D eigenvalue weighted by molar-refractivity contribution is -0.148. The third-order valence-corrected chi connectivity index (χ3v) is 5.26. The molecule has 4 heteroatoms. The van der Waals surface area contributed by atoms with Crippen molar-refractivity contribution in [3.63, 3.8) is 0 Å². The number of hydrogen-bond acceptors (Lipinski definition) is 3. The van der Waals surface area contributed by atoms with Gasteiger partial charge in [0.15, 0.2) is 0 Å². The van der Waals surface area contributed by atoms with Crippen molar-refractivity contribution in [2.45, 2.75) is 58.9 Å². The van der Waals surface area contributed by atoms with E-state index in [4.69, 9.17) is 4.74 Å².